The van der Waals surface area contributed by atoms with Crippen LogP contribution in [0.2, 0.25) is 0 Å². The lowest BCUT2D eigenvalue weighted by atomic mass is 10.1. The van der Waals surface area contributed by atoms with Gasteiger partial charge < -0.3 is 10.9 Å². The van der Waals surface area contributed by atoms with Crippen molar-refractivity contribution in [2.45, 2.75) is 51.6 Å². The summed E-state index contributed by atoms with van der Waals surface area (Å²) in [7, 11) is 0. The highest BCUT2D eigenvalue weighted by molar-refractivity contribution is 5.81. The highest BCUT2D eigenvalue weighted by Crippen LogP contribution is 2.24. The maximum absolute atomic E-state index is 8.80. The van der Waals surface area contributed by atoms with E-state index in [2.05, 4.69) is 41.2 Å². The lowest BCUT2D eigenvalue weighted by molar-refractivity contribution is 0.214. The van der Waals surface area contributed by atoms with Gasteiger partial charge in [-0.2, -0.15) is 0 Å². The molecule has 0 amide bonds. The van der Waals surface area contributed by atoms with E-state index >= 15 is 0 Å². The summed E-state index contributed by atoms with van der Waals surface area (Å²) in [5, 5.41) is 11.9. The van der Waals surface area contributed by atoms with Gasteiger partial charge in [-0.25, -0.2) is 0 Å². The second-order valence-electron chi connectivity index (χ2n) is 5.60. The monoisotopic (exact) mass is 275 g/mol. The van der Waals surface area contributed by atoms with E-state index < -0.39 is 0 Å². The minimum atomic E-state index is 0.294. The maximum Gasteiger partial charge on any atom is 0.153 e. The van der Waals surface area contributed by atoms with Crippen molar-refractivity contribution in [2.24, 2.45) is 10.9 Å². The van der Waals surface area contributed by atoms with E-state index in [0.717, 1.165) is 13.0 Å². The molecule has 2 rings (SSSR count). The average molecular weight is 275 g/mol. The van der Waals surface area contributed by atoms with Gasteiger partial charge in [0.1, 0.15) is 0 Å². The van der Waals surface area contributed by atoms with Crippen LogP contribution >= 0.6 is 0 Å². The topological polar surface area (TPSA) is 61.8 Å². The Morgan fingerprint density at radius 1 is 1.25 bits per heavy atom. The summed E-state index contributed by atoms with van der Waals surface area (Å²) in [6.45, 7) is 3.57. The molecule has 4 nitrogen and oxygen atoms in total. The molecule has 0 bridgehead atoms. The van der Waals surface area contributed by atoms with Crippen molar-refractivity contribution < 1.29 is 5.21 Å². The third kappa shape index (κ3) is 3.97. The van der Waals surface area contributed by atoms with Crippen LogP contribution in [0, 0.1) is 0 Å². The largest absolute Gasteiger partial charge is 0.409 e. The van der Waals surface area contributed by atoms with Gasteiger partial charge in [-0.15, -0.1) is 0 Å². The van der Waals surface area contributed by atoms with Crippen molar-refractivity contribution in [1.29, 1.82) is 0 Å². The van der Waals surface area contributed by atoms with Gasteiger partial charge in [0.15, 0.2) is 5.84 Å². The molecule has 0 spiro atoms. The molecule has 0 aromatic heterocycles. The quantitative estimate of drug-likeness (QED) is 0.363. The van der Waals surface area contributed by atoms with Crippen molar-refractivity contribution in [1.82, 2.24) is 4.90 Å². The number of aryl methyl sites for hydroxylation is 1. The number of nitrogens with two attached hydrogens (primary N) is 1. The van der Waals surface area contributed by atoms with Gasteiger partial charge in [-0.05, 0) is 30.4 Å². The fourth-order valence-corrected chi connectivity index (χ4v) is 2.94. The molecule has 0 aliphatic heterocycles. The van der Waals surface area contributed by atoms with E-state index in [4.69, 9.17) is 10.9 Å². The number of amidine groups is 1. The minimum Gasteiger partial charge on any atom is -0.409 e. The summed E-state index contributed by atoms with van der Waals surface area (Å²) in [5.41, 5.74) is 8.35. The van der Waals surface area contributed by atoms with Gasteiger partial charge in [0, 0.05) is 12.6 Å². The Bertz CT molecular complexity index is 436. The van der Waals surface area contributed by atoms with Crippen LogP contribution in [-0.2, 0) is 13.0 Å². The highest BCUT2D eigenvalue weighted by Gasteiger charge is 2.23. The van der Waals surface area contributed by atoms with Gasteiger partial charge >= 0.3 is 0 Å². The van der Waals surface area contributed by atoms with E-state index in [0.29, 0.717) is 18.4 Å². The van der Waals surface area contributed by atoms with Crippen LogP contribution in [0.4, 0.5) is 0 Å². The predicted octanol–water partition coefficient (Wildman–Crippen LogP) is 2.74. The number of rotatable bonds is 6. The number of hydrogen-bond acceptors (Lipinski definition) is 3. The third-order valence-electron chi connectivity index (χ3n) is 4.15. The second kappa shape index (κ2) is 7.29. The zero-order valence-corrected chi connectivity index (χ0v) is 12.3. The average Bonchev–Trinajstić information content (AvgIpc) is 3.01. The van der Waals surface area contributed by atoms with Crippen molar-refractivity contribution >= 4 is 5.84 Å². The molecule has 0 radical (unpaired) electrons. The minimum absolute atomic E-state index is 0.294. The lowest BCUT2D eigenvalue weighted by Crippen LogP contribution is -2.39. The van der Waals surface area contributed by atoms with Gasteiger partial charge in [0.05, 0.1) is 6.54 Å². The van der Waals surface area contributed by atoms with Crippen LogP contribution in [0.5, 0.6) is 0 Å². The molecule has 0 unspecified atom stereocenters. The standard InChI is InChI=1S/C16H25N3O/c1-2-13-7-9-14(10-8-13)11-19(12-16(17)18-20)15-5-3-4-6-15/h7-10,15,20H,2-6,11-12H2,1H3,(H2,17,18). The van der Waals surface area contributed by atoms with E-state index in [-0.39, 0.29) is 0 Å². The van der Waals surface area contributed by atoms with Gasteiger partial charge in [0.25, 0.3) is 0 Å². The van der Waals surface area contributed by atoms with Crippen LogP contribution in [0.3, 0.4) is 0 Å². The van der Waals surface area contributed by atoms with Crippen LogP contribution in [0.1, 0.15) is 43.7 Å². The molecule has 0 heterocycles. The Kier molecular flexibility index (Phi) is 5.41. The molecule has 1 aromatic rings. The molecule has 0 saturated heterocycles. The Morgan fingerprint density at radius 2 is 1.85 bits per heavy atom. The zero-order chi connectivity index (χ0) is 14.4. The Labute approximate surface area is 121 Å². The van der Waals surface area contributed by atoms with Crippen molar-refractivity contribution in [2.75, 3.05) is 6.54 Å². The second-order valence-corrected chi connectivity index (χ2v) is 5.60. The number of nitrogens with zero attached hydrogens (tertiary/aromatic N) is 2. The number of hydrogen-bond donors (Lipinski definition) is 2. The molecule has 1 aromatic carbocycles. The molecule has 1 aliphatic carbocycles. The molecular weight excluding hydrogens is 250 g/mol. The van der Waals surface area contributed by atoms with Crippen molar-refractivity contribution in [3.8, 4) is 0 Å². The highest BCUT2D eigenvalue weighted by atomic mass is 16.4. The lowest BCUT2D eigenvalue weighted by Gasteiger charge is -2.28. The normalized spacial score (nSPS) is 17.0. The van der Waals surface area contributed by atoms with Crippen molar-refractivity contribution in [3.05, 3.63) is 35.4 Å². The summed E-state index contributed by atoms with van der Waals surface area (Å²) in [5.74, 6) is 0.294. The summed E-state index contributed by atoms with van der Waals surface area (Å²) < 4.78 is 0. The number of benzene rings is 1. The van der Waals surface area contributed by atoms with Gasteiger partial charge in [-0.3, -0.25) is 4.90 Å². The third-order valence-corrected chi connectivity index (χ3v) is 4.15. The van der Waals surface area contributed by atoms with E-state index in [1.807, 2.05) is 0 Å². The SMILES string of the molecule is CCc1ccc(CN(CC(N)=NO)C2CCCC2)cc1. The predicted molar refractivity (Wildman–Crippen MR) is 81.9 cm³/mol. The molecular formula is C16H25N3O. The number of oxime groups is 1. The van der Waals surface area contributed by atoms with Crippen LogP contribution in [0.15, 0.2) is 29.4 Å². The first kappa shape index (κ1) is 14.9. The van der Waals surface area contributed by atoms with Gasteiger partial charge in [-0.1, -0.05) is 49.2 Å². The van der Waals surface area contributed by atoms with E-state index in [9.17, 15) is 0 Å². The fraction of sp³-hybridized carbons (Fsp3) is 0.562. The Hall–Kier alpha value is -1.55. The summed E-state index contributed by atoms with van der Waals surface area (Å²) >= 11 is 0. The smallest absolute Gasteiger partial charge is 0.153 e. The molecule has 110 valence electrons. The summed E-state index contributed by atoms with van der Waals surface area (Å²) in [6, 6.07) is 9.30. The molecule has 1 aliphatic rings. The maximum atomic E-state index is 8.80. The summed E-state index contributed by atoms with van der Waals surface area (Å²) in [4.78, 5) is 2.34. The molecule has 0 atom stereocenters. The molecule has 1 fully saturated rings. The van der Waals surface area contributed by atoms with Crippen LogP contribution < -0.4 is 5.73 Å². The molecule has 3 N–H and O–H groups in total. The van der Waals surface area contributed by atoms with Crippen LogP contribution in [-0.4, -0.2) is 28.5 Å². The fourth-order valence-electron chi connectivity index (χ4n) is 2.94. The Morgan fingerprint density at radius 3 is 2.40 bits per heavy atom. The molecule has 1 saturated carbocycles. The zero-order valence-electron chi connectivity index (χ0n) is 12.3. The van der Waals surface area contributed by atoms with E-state index in [1.165, 1.54) is 36.8 Å². The first-order chi connectivity index (χ1) is 9.72. The first-order valence-corrected chi connectivity index (χ1v) is 7.51. The van der Waals surface area contributed by atoms with Crippen LogP contribution in [0.25, 0.3) is 0 Å². The summed E-state index contributed by atoms with van der Waals surface area (Å²) in [6.07, 6.45) is 6.06. The Balaban J connectivity index is 2.05. The van der Waals surface area contributed by atoms with Crippen molar-refractivity contribution in [3.63, 3.8) is 0 Å². The molecule has 20 heavy (non-hydrogen) atoms. The van der Waals surface area contributed by atoms with Gasteiger partial charge in [0.2, 0.25) is 0 Å². The first-order valence-electron chi connectivity index (χ1n) is 7.51. The van der Waals surface area contributed by atoms with E-state index in [1.54, 1.807) is 0 Å². The molecule has 4 heteroatoms.